The Balaban J connectivity index is 2.04. The van der Waals surface area contributed by atoms with Crippen LogP contribution in [0.25, 0.3) is 0 Å². The second-order valence-corrected chi connectivity index (χ2v) is 4.91. The summed E-state index contributed by atoms with van der Waals surface area (Å²) in [5, 5.41) is 3.42. The number of aromatic nitrogens is 2. The Morgan fingerprint density at radius 1 is 1.56 bits per heavy atom. The molecule has 2 rings (SSSR count). The topological polar surface area (TPSA) is 33.1 Å². The highest BCUT2D eigenvalue weighted by Gasteiger charge is 2.19. The van der Waals surface area contributed by atoms with Crippen molar-refractivity contribution < 1.29 is 0 Å². The first-order valence-corrected chi connectivity index (χ1v) is 6.14. The molecular weight excluding hydrogens is 200 g/mol. The summed E-state index contributed by atoms with van der Waals surface area (Å²) in [5.74, 6) is 0. The van der Waals surface area contributed by atoms with Crippen LogP contribution in [0.15, 0.2) is 12.5 Å². The van der Waals surface area contributed by atoms with Crippen molar-refractivity contribution in [1.29, 1.82) is 0 Å². The van der Waals surface area contributed by atoms with Gasteiger partial charge in [0, 0.05) is 44.5 Å². The third-order valence-corrected chi connectivity index (χ3v) is 3.31. The molecule has 1 aliphatic heterocycles. The number of hydrogen-bond acceptors (Lipinski definition) is 3. The minimum absolute atomic E-state index is 0.496. The van der Waals surface area contributed by atoms with Crippen LogP contribution in [0.1, 0.15) is 32.5 Å². The van der Waals surface area contributed by atoms with E-state index in [0.29, 0.717) is 12.1 Å². The summed E-state index contributed by atoms with van der Waals surface area (Å²) in [7, 11) is 0. The van der Waals surface area contributed by atoms with Gasteiger partial charge in [-0.25, -0.2) is 4.98 Å². The molecule has 1 fully saturated rings. The Labute approximate surface area is 97.7 Å². The largest absolute Gasteiger partial charge is 0.331 e. The molecule has 0 aliphatic carbocycles. The molecule has 1 aromatic heterocycles. The van der Waals surface area contributed by atoms with E-state index in [0.717, 1.165) is 26.2 Å². The Morgan fingerprint density at radius 3 is 3.06 bits per heavy atom. The SMILES string of the molecule is CC1CNCCN1Cc1cncn1C(C)C. The van der Waals surface area contributed by atoms with Gasteiger partial charge >= 0.3 is 0 Å². The minimum atomic E-state index is 0.496. The molecule has 0 amide bonds. The molecule has 16 heavy (non-hydrogen) atoms. The van der Waals surface area contributed by atoms with Crippen LogP contribution in [-0.4, -0.2) is 40.1 Å². The van der Waals surface area contributed by atoms with E-state index in [9.17, 15) is 0 Å². The number of nitrogens with one attached hydrogen (secondary N) is 1. The molecule has 2 heterocycles. The summed E-state index contributed by atoms with van der Waals surface area (Å²) in [5.41, 5.74) is 1.32. The number of piperazine rings is 1. The highest BCUT2D eigenvalue weighted by molar-refractivity contribution is 5.00. The standard InChI is InChI=1S/C12H22N4/c1-10(2)16-9-14-7-12(16)8-15-5-4-13-6-11(15)3/h7,9-11,13H,4-6,8H2,1-3H3. The van der Waals surface area contributed by atoms with Crippen molar-refractivity contribution in [3.63, 3.8) is 0 Å². The Hall–Kier alpha value is -0.870. The number of hydrogen-bond donors (Lipinski definition) is 1. The van der Waals surface area contributed by atoms with Gasteiger partial charge in [-0.15, -0.1) is 0 Å². The van der Waals surface area contributed by atoms with Crippen molar-refractivity contribution in [2.45, 2.75) is 39.4 Å². The van der Waals surface area contributed by atoms with E-state index in [4.69, 9.17) is 0 Å². The van der Waals surface area contributed by atoms with E-state index < -0.39 is 0 Å². The molecule has 1 aromatic rings. The number of nitrogens with zero attached hydrogens (tertiary/aromatic N) is 3. The Kier molecular flexibility index (Phi) is 3.61. The van der Waals surface area contributed by atoms with Gasteiger partial charge in [0.2, 0.25) is 0 Å². The molecule has 0 bridgehead atoms. The third kappa shape index (κ3) is 2.44. The average Bonchev–Trinajstić information content (AvgIpc) is 2.69. The van der Waals surface area contributed by atoms with E-state index in [-0.39, 0.29) is 0 Å². The Morgan fingerprint density at radius 2 is 2.38 bits per heavy atom. The van der Waals surface area contributed by atoms with Crippen LogP contribution in [0.4, 0.5) is 0 Å². The first-order valence-electron chi connectivity index (χ1n) is 6.14. The Bertz CT molecular complexity index is 332. The van der Waals surface area contributed by atoms with Gasteiger partial charge in [-0.05, 0) is 20.8 Å². The van der Waals surface area contributed by atoms with Crippen LogP contribution >= 0.6 is 0 Å². The second-order valence-electron chi connectivity index (χ2n) is 4.91. The molecule has 1 saturated heterocycles. The van der Waals surface area contributed by atoms with Gasteiger partial charge in [0.25, 0.3) is 0 Å². The van der Waals surface area contributed by atoms with E-state index in [1.54, 1.807) is 0 Å². The molecule has 1 aliphatic rings. The van der Waals surface area contributed by atoms with Gasteiger partial charge in [-0.3, -0.25) is 4.90 Å². The minimum Gasteiger partial charge on any atom is -0.331 e. The van der Waals surface area contributed by atoms with Gasteiger partial charge in [-0.1, -0.05) is 0 Å². The lowest BCUT2D eigenvalue weighted by molar-refractivity contribution is 0.161. The van der Waals surface area contributed by atoms with Gasteiger partial charge in [0.15, 0.2) is 0 Å². The van der Waals surface area contributed by atoms with Crippen LogP contribution < -0.4 is 5.32 Å². The maximum Gasteiger partial charge on any atom is 0.0951 e. The predicted molar refractivity (Wildman–Crippen MR) is 65.4 cm³/mol. The quantitative estimate of drug-likeness (QED) is 0.836. The third-order valence-electron chi connectivity index (χ3n) is 3.31. The summed E-state index contributed by atoms with van der Waals surface area (Å²) < 4.78 is 2.26. The van der Waals surface area contributed by atoms with E-state index in [2.05, 4.69) is 40.5 Å². The molecule has 0 aromatic carbocycles. The van der Waals surface area contributed by atoms with Crippen LogP contribution in [-0.2, 0) is 6.54 Å². The lowest BCUT2D eigenvalue weighted by Gasteiger charge is -2.34. The molecule has 1 atom stereocenters. The smallest absolute Gasteiger partial charge is 0.0951 e. The van der Waals surface area contributed by atoms with Crippen LogP contribution in [0, 0.1) is 0 Å². The fraction of sp³-hybridized carbons (Fsp3) is 0.750. The number of imidazole rings is 1. The average molecular weight is 222 g/mol. The maximum absolute atomic E-state index is 4.25. The summed E-state index contributed by atoms with van der Waals surface area (Å²) in [6.07, 6.45) is 3.93. The second kappa shape index (κ2) is 4.97. The predicted octanol–water partition coefficient (Wildman–Crippen LogP) is 1.26. The van der Waals surface area contributed by atoms with E-state index >= 15 is 0 Å². The van der Waals surface area contributed by atoms with Gasteiger partial charge in [-0.2, -0.15) is 0 Å². The van der Waals surface area contributed by atoms with Crippen molar-refractivity contribution in [1.82, 2.24) is 19.8 Å². The zero-order valence-electron chi connectivity index (χ0n) is 10.5. The van der Waals surface area contributed by atoms with Gasteiger partial charge < -0.3 is 9.88 Å². The molecule has 4 nitrogen and oxygen atoms in total. The van der Waals surface area contributed by atoms with Crippen molar-refractivity contribution in [3.8, 4) is 0 Å². The molecule has 1 unspecified atom stereocenters. The fourth-order valence-corrected chi connectivity index (χ4v) is 2.25. The number of rotatable bonds is 3. The lowest BCUT2D eigenvalue weighted by atomic mass is 10.2. The van der Waals surface area contributed by atoms with E-state index in [1.165, 1.54) is 5.69 Å². The van der Waals surface area contributed by atoms with Crippen molar-refractivity contribution in [2.75, 3.05) is 19.6 Å². The van der Waals surface area contributed by atoms with Crippen molar-refractivity contribution in [2.24, 2.45) is 0 Å². The zero-order chi connectivity index (χ0) is 11.5. The molecule has 4 heteroatoms. The fourth-order valence-electron chi connectivity index (χ4n) is 2.25. The highest BCUT2D eigenvalue weighted by atomic mass is 15.2. The molecule has 0 saturated carbocycles. The van der Waals surface area contributed by atoms with Gasteiger partial charge in [0.05, 0.1) is 12.0 Å². The maximum atomic E-state index is 4.25. The summed E-state index contributed by atoms with van der Waals surface area (Å²) >= 11 is 0. The van der Waals surface area contributed by atoms with Gasteiger partial charge in [0.1, 0.15) is 0 Å². The van der Waals surface area contributed by atoms with E-state index in [1.807, 2.05) is 12.5 Å². The molecule has 90 valence electrons. The normalized spacial score (nSPS) is 22.9. The summed E-state index contributed by atoms with van der Waals surface area (Å²) in [6, 6.07) is 1.11. The van der Waals surface area contributed by atoms with Crippen molar-refractivity contribution in [3.05, 3.63) is 18.2 Å². The zero-order valence-corrected chi connectivity index (χ0v) is 10.5. The first-order chi connectivity index (χ1) is 7.68. The molecule has 1 N–H and O–H groups in total. The van der Waals surface area contributed by atoms with Crippen molar-refractivity contribution >= 4 is 0 Å². The monoisotopic (exact) mass is 222 g/mol. The summed E-state index contributed by atoms with van der Waals surface area (Å²) in [6.45, 7) is 11.0. The highest BCUT2D eigenvalue weighted by Crippen LogP contribution is 2.13. The van der Waals surface area contributed by atoms with Crippen LogP contribution in [0.2, 0.25) is 0 Å². The molecule has 0 spiro atoms. The van der Waals surface area contributed by atoms with Crippen LogP contribution in [0.3, 0.4) is 0 Å². The van der Waals surface area contributed by atoms with Crippen LogP contribution in [0.5, 0.6) is 0 Å². The molecular formula is C12H22N4. The first kappa shape index (κ1) is 11.6. The molecule has 0 radical (unpaired) electrons. The summed E-state index contributed by atoms with van der Waals surface area (Å²) in [4.78, 5) is 6.77. The lowest BCUT2D eigenvalue weighted by Crippen LogP contribution is -2.49.